The molecule has 0 radical (unpaired) electrons. The fourth-order valence-corrected chi connectivity index (χ4v) is 4.61. The number of imidazole rings is 1. The third kappa shape index (κ3) is 3.45. The molecule has 6 heteroatoms. The maximum absolute atomic E-state index is 13.0. The molecule has 0 saturated carbocycles. The van der Waals surface area contributed by atoms with Crippen molar-refractivity contribution in [3.63, 3.8) is 0 Å². The molecule has 0 N–H and O–H groups in total. The molecule has 29 heavy (non-hydrogen) atoms. The normalized spacial score (nSPS) is 12.1. The number of para-hydroxylation sites is 2. The third-order valence-corrected chi connectivity index (χ3v) is 6.10. The van der Waals surface area contributed by atoms with E-state index in [4.69, 9.17) is 4.74 Å². The average Bonchev–Trinajstić information content (AvgIpc) is 3.24. The Bertz CT molecular complexity index is 1440. The van der Waals surface area contributed by atoms with Gasteiger partial charge >= 0.3 is 0 Å². The zero-order valence-electron chi connectivity index (χ0n) is 15.2. The summed E-state index contributed by atoms with van der Waals surface area (Å²) in [5.41, 5.74) is 3.54. The van der Waals surface area contributed by atoms with Gasteiger partial charge in [-0.15, -0.1) is 0 Å². The quantitative estimate of drug-likeness (QED) is 0.385. The van der Waals surface area contributed by atoms with E-state index >= 15 is 0 Å². The van der Waals surface area contributed by atoms with Gasteiger partial charge in [-0.25, -0.2) is 9.38 Å². The van der Waals surface area contributed by atoms with Gasteiger partial charge in [0.25, 0.3) is 5.56 Å². The van der Waals surface area contributed by atoms with Crippen LogP contribution in [0.5, 0.6) is 5.75 Å². The van der Waals surface area contributed by atoms with Crippen LogP contribution in [-0.4, -0.2) is 9.38 Å². The van der Waals surface area contributed by atoms with Crippen LogP contribution in [0.15, 0.2) is 82.1 Å². The smallest absolute Gasteiger partial charge is 0.274 e. The molecule has 2 heterocycles. The highest BCUT2D eigenvalue weighted by Crippen LogP contribution is 2.25. The van der Waals surface area contributed by atoms with E-state index in [1.54, 1.807) is 4.40 Å². The van der Waals surface area contributed by atoms with Crippen LogP contribution in [0, 0.1) is 0 Å². The Morgan fingerprint density at radius 2 is 1.83 bits per heavy atom. The number of nitrogens with zero attached hydrogens (tertiary/aromatic N) is 2. The summed E-state index contributed by atoms with van der Waals surface area (Å²) in [7, 11) is 0. The van der Waals surface area contributed by atoms with Crippen molar-refractivity contribution in [3.8, 4) is 5.75 Å². The summed E-state index contributed by atoms with van der Waals surface area (Å²) in [5.74, 6) is 0.729. The van der Waals surface area contributed by atoms with Crippen molar-refractivity contribution in [2.75, 3.05) is 0 Å². The second-order valence-electron chi connectivity index (χ2n) is 6.59. The molecule has 0 unspecified atom stereocenters. The Morgan fingerprint density at radius 3 is 2.69 bits per heavy atom. The number of fused-ring (bicyclic) bond motifs is 3. The van der Waals surface area contributed by atoms with E-state index in [1.807, 2.05) is 78.9 Å². The lowest BCUT2D eigenvalue weighted by atomic mass is 10.2. The van der Waals surface area contributed by atoms with Crippen LogP contribution in [0.1, 0.15) is 11.1 Å². The SMILES string of the molecule is O=c1/c(=C\c2cc(Br)ccc2OCc2ccccc2)sc2nc3ccccc3n12. The first-order chi connectivity index (χ1) is 14.2. The summed E-state index contributed by atoms with van der Waals surface area (Å²) in [6, 6.07) is 23.5. The number of thiazole rings is 1. The van der Waals surface area contributed by atoms with Crippen molar-refractivity contribution in [1.29, 1.82) is 0 Å². The number of hydrogen-bond donors (Lipinski definition) is 0. The lowest BCUT2D eigenvalue weighted by molar-refractivity contribution is 0.305. The molecule has 0 aliphatic heterocycles. The number of aromatic nitrogens is 2. The van der Waals surface area contributed by atoms with E-state index in [2.05, 4.69) is 20.9 Å². The predicted molar refractivity (Wildman–Crippen MR) is 121 cm³/mol. The Kier molecular flexibility index (Phi) is 4.66. The minimum Gasteiger partial charge on any atom is -0.488 e. The lowest BCUT2D eigenvalue weighted by Crippen LogP contribution is -2.22. The van der Waals surface area contributed by atoms with E-state index in [0.717, 1.165) is 32.4 Å². The molecule has 0 saturated heterocycles. The molecule has 4 nitrogen and oxygen atoms in total. The molecule has 0 aliphatic carbocycles. The number of hydrogen-bond acceptors (Lipinski definition) is 4. The molecule has 0 spiro atoms. The van der Waals surface area contributed by atoms with Crippen LogP contribution in [0.2, 0.25) is 0 Å². The van der Waals surface area contributed by atoms with Crippen molar-refractivity contribution >= 4 is 49.3 Å². The number of halogens is 1. The van der Waals surface area contributed by atoms with Crippen molar-refractivity contribution in [2.24, 2.45) is 0 Å². The Balaban J connectivity index is 1.59. The summed E-state index contributed by atoms with van der Waals surface area (Å²) in [5, 5.41) is 0. The van der Waals surface area contributed by atoms with E-state index in [-0.39, 0.29) is 5.56 Å². The molecular weight excluding hydrogens is 448 g/mol. The average molecular weight is 463 g/mol. The monoisotopic (exact) mass is 462 g/mol. The van der Waals surface area contributed by atoms with E-state index in [0.29, 0.717) is 16.1 Å². The fourth-order valence-electron chi connectivity index (χ4n) is 3.25. The minimum atomic E-state index is -0.0623. The van der Waals surface area contributed by atoms with Gasteiger partial charge in [-0.3, -0.25) is 4.79 Å². The maximum Gasteiger partial charge on any atom is 0.274 e. The largest absolute Gasteiger partial charge is 0.488 e. The summed E-state index contributed by atoms with van der Waals surface area (Å²) < 4.78 is 9.27. The molecule has 5 aromatic rings. The molecule has 142 valence electrons. The molecule has 0 fully saturated rings. The zero-order chi connectivity index (χ0) is 19.8. The summed E-state index contributed by atoms with van der Waals surface area (Å²) in [4.78, 5) is 18.3. The van der Waals surface area contributed by atoms with Crippen LogP contribution in [0.25, 0.3) is 22.1 Å². The Morgan fingerprint density at radius 1 is 1.03 bits per heavy atom. The first kappa shape index (κ1) is 18.1. The molecule has 0 aliphatic rings. The second kappa shape index (κ2) is 7.46. The molecule has 5 rings (SSSR count). The van der Waals surface area contributed by atoms with Gasteiger partial charge < -0.3 is 4.74 Å². The van der Waals surface area contributed by atoms with Crippen molar-refractivity contribution < 1.29 is 4.74 Å². The predicted octanol–water partition coefficient (Wildman–Crippen LogP) is 4.80. The van der Waals surface area contributed by atoms with Crippen LogP contribution < -0.4 is 14.8 Å². The van der Waals surface area contributed by atoms with Crippen LogP contribution in [0.4, 0.5) is 0 Å². The van der Waals surface area contributed by atoms with Crippen LogP contribution in [0.3, 0.4) is 0 Å². The molecule has 0 bridgehead atoms. The van der Waals surface area contributed by atoms with Gasteiger partial charge in [0.1, 0.15) is 12.4 Å². The second-order valence-corrected chi connectivity index (χ2v) is 8.52. The highest BCUT2D eigenvalue weighted by Gasteiger charge is 2.11. The van der Waals surface area contributed by atoms with Gasteiger partial charge in [-0.1, -0.05) is 69.7 Å². The molecule has 2 aromatic heterocycles. The van der Waals surface area contributed by atoms with Crippen molar-refractivity contribution in [1.82, 2.24) is 9.38 Å². The summed E-state index contributed by atoms with van der Waals surface area (Å²) in [6.45, 7) is 0.464. The van der Waals surface area contributed by atoms with Crippen LogP contribution >= 0.6 is 27.3 Å². The third-order valence-electron chi connectivity index (χ3n) is 4.64. The van der Waals surface area contributed by atoms with E-state index in [9.17, 15) is 4.79 Å². The lowest BCUT2D eigenvalue weighted by Gasteiger charge is -2.09. The zero-order valence-corrected chi connectivity index (χ0v) is 17.6. The summed E-state index contributed by atoms with van der Waals surface area (Å²) in [6.07, 6.45) is 1.88. The highest BCUT2D eigenvalue weighted by molar-refractivity contribution is 9.10. The molecule has 0 amide bonds. The number of ether oxygens (including phenoxy) is 1. The van der Waals surface area contributed by atoms with Crippen LogP contribution in [-0.2, 0) is 6.61 Å². The molecule has 0 atom stereocenters. The standard InChI is InChI=1S/C23H15BrN2O2S/c24-17-10-11-20(28-14-15-6-2-1-3-7-15)16(12-17)13-21-22(27)26-19-9-5-4-8-18(19)25-23(26)29-21/h1-13H,14H2/b21-13+. The maximum atomic E-state index is 13.0. The molecule has 3 aromatic carbocycles. The van der Waals surface area contributed by atoms with Gasteiger partial charge in [0.15, 0.2) is 4.96 Å². The van der Waals surface area contributed by atoms with Crippen molar-refractivity contribution in [3.05, 3.63) is 103 Å². The fraction of sp³-hybridized carbons (Fsp3) is 0.0435. The van der Waals surface area contributed by atoms with Crippen molar-refractivity contribution in [2.45, 2.75) is 6.61 Å². The minimum absolute atomic E-state index is 0.0623. The highest BCUT2D eigenvalue weighted by atomic mass is 79.9. The van der Waals surface area contributed by atoms with Gasteiger partial charge in [-0.2, -0.15) is 0 Å². The number of rotatable bonds is 4. The topological polar surface area (TPSA) is 43.6 Å². The number of benzene rings is 3. The van der Waals surface area contributed by atoms with E-state index in [1.165, 1.54) is 11.3 Å². The van der Waals surface area contributed by atoms with Gasteiger partial charge in [0, 0.05) is 10.0 Å². The Labute approximate surface area is 178 Å². The van der Waals surface area contributed by atoms with E-state index < -0.39 is 0 Å². The Hall–Kier alpha value is -2.96. The van der Waals surface area contributed by atoms with Gasteiger partial charge in [0.05, 0.1) is 15.6 Å². The first-order valence-corrected chi connectivity index (χ1v) is 10.7. The van der Waals surface area contributed by atoms with Gasteiger partial charge in [0.2, 0.25) is 0 Å². The summed E-state index contributed by atoms with van der Waals surface area (Å²) >= 11 is 4.90. The molecular formula is C23H15BrN2O2S. The first-order valence-electron chi connectivity index (χ1n) is 9.07. The van der Waals surface area contributed by atoms with Gasteiger partial charge in [-0.05, 0) is 42.0 Å².